The van der Waals surface area contributed by atoms with Gasteiger partial charge in [0.15, 0.2) is 18.3 Å². The van der Waals surface area contributed by atoms with Gasteiger partial charge in [-0.2, -0.15) is 0 Å². The Morgan fingerprint density at radius 1 is 1.22 bits per heavy atom. The maximum atomic E-state index is 10.8. The summed E-state index contributed by atoms with van der Waals surface area (Å²) in [6.45, 7) is 2.17. The molecule has 0 unspecified atom stereocenters. The maximum Gasteiger partial charge on any atom is 0.328 e. The normalized spacial score (nSPS) is 11.1. The zero-order chi connectivity index (χ0) is 16.8. The average molecular weight is 316 g/mol. The van der Waals surface area contributed by atoms with Crippen LogP contribution < -0.4 is 9.47 Å². The number of ether oxygens (including phenoxy) is 3. The van der Waals surface area contributed by atoms with Gasteiger partial charge in [0.05, 0.1) is 7.11 Å². The van der Waals surface area contributed by atoms with Crippen molar-refractivity contribution in [2.24, 2.45) is 0 Å². The Kier molecular flexibility index (Phi) is 5.60. The number of methoxy groups -OCH3 is 2. The molecule has 2 aromatic carbocycles. The number of aliphatic carboxylic acids is 1. The van der Waals surface area contributed by atoms with Crippen molar-refractivity contribution in [3.8, 4) is 11.5 Å². The molecule has 5 nitrogen and oxygen atoms in total. The molecule has 0 aliphatic rings. The van der Waals surface area contributed by atoms with Crippen LogP contribution in [0.25, 0.3) is 16.8 Å². The fourth-order valence-electron chi connectivity index (χ4n) is 2.39. The third kappa shape index (κ3) is 3.81. The highest BCUT2D eigenvalue weighted by Gasteiger charge is 2.14. The van der Waals surface area contributed by atoms with Crippen LogP contribution in [0.4, 0.5) is 0 Å². The van der Waals surface area contributed by atoms with Crippen LogP contribution >= 0.6 is 0 Å². The van der Waals surface area contributed by atoms with E-state index in [0.717, 1.165) is 34.4 Å². The molecule has 0 spiro atoms. The number of hydrogen-bond donors (Lipinski definition) is 1. The van der Waals surface area contributed by atoms with E-state index in [1.165, 1.54) is 0 Å². The summed E-state index contributed by atoms with van der Waals surface area (Å²) < 4.78 is 16.1. The number of carboxylic acids is 1. The number of carbonyl (C=O) groups is 1. The minimum Gasteiger partial charge on any atom is -0.493 e. The largest absolute Gasteiger partial charge is 0.493 e. The fourth-order valence-corrected chi connectivity index (χ4v) is 2.39. The first kappa shape index (κ1) is 16.8. The van der Waals surface area contributed by atoms with E-state index in [2.05, 4.69) is 6.92 Å². The van der Waals surface area contributed by atoms with Gasteiger partial charge in [0.1, 0.15) is 0 Å². The lowest BCUT2D eigenvalue weighted by Crippen LogP contribution is -2.02. The standard InChI is InChI=1S/C18H20O5/c1-4-12-5-7-14-13(6-8-17(19)20)10-16(22-3)18(15(14)9-12)23-11-21-2/h5-10H,4,11H2,1-3H3,(H,19,20)/b8-6-. The fraction of sp³-hybridized carbons (Fsp3) is 0.278. The molecule has 0 atom stereocenters. The smallest absolute Gasteiger partial charge is 0.328 e. The van der Waals surface area contributed by atoms with Gasteiger partial charge in [0.25, 0.3) is 0 Å². The van der Waals surface area contributed by atoms with Gasteiger partial charge in [-0.3, -0.25) is 0 Å². The molecule has 1 N–H and O–H groups in total. The predicted molar refractivity (Wildman–Crippen MR) is 89.1 cm³/mol. The Morgan fingerprint density at radius 2 is 2.00 bits per heavy atom. The summed E-state index contributed by atoms with van der Waals surface area (Å²) >= 11 is 0. The highest BCUT2D eigenvalue weighted by molar-refractivity contribution is 5.99. The Hall–Kier alpha value is -2.53. The maximum absolute atomic E-state index is 10.8. The molecule has 0 bridgehead atoms. The van der Waals surface area contributed by atoms with E-state index >= 15 is 0 Å². The molecular formula is C18H20O5. The molecule has 0 fully saturated rings. The molecule has 0 radical (unpaired) electrons. The summed E-state index contributed by atoms with van der Waals surface area (Å²) in [5, 5.41) is 10.6. The first-order chi connectivity index (χ1) is 11.1. The summed E-state index contributed by atoms with van der Waals surface area (Å²) in [6, 6.07) is 7.78. The first-order valence-corrected chi connectivity index (χ1v) is 7.27. The second-order valence-corrected chi connectivity index (χ2v) is 4.95. The quantitative estimate of drug-likeness (QED) is 0.625. The van der Waals surface area contributed by atoms with Crippen molar-refractivity contribution in [3.05, 3.63) is 41.5 Å². The van der Waals surface area contributed by atoms with E-state index in [-0.39, 0.29) is 6.79 Å². The molecule has 5 heteroatoms. The lowest BCUT2D eigenvalue weighted by Gasteiger charge is -2.15. The van der Waals surface area contributed by atoms with Gasteiger partial charge in [-0.1, -0.05) is 19.1 Å². The van der Waals surface area contributed by atoms with E-state index < -0.39 is 5.97 Å². The van der Waals surface area contributed by atoms with E-state index in [1.807, 2.05) is 18.2 Å². The third-order valence-electron chi connectivity index (χ3n) is 3.50. The van der Waals surface area contributed by atoms with Crippen molar-refractivity contribution < 1.29 is 24.1 Å². The van der Waals surface area contributed by atoms with Crippen LogP contribution in [-0.4, -0.2) is 32.1 Å². The van der Waals surface area contributed by atoms with Crippen LogP contribution in [0.3, 0.4) is 0 Å². The molecule has 23 heavy (non-hydrogen) atoms. The molecular weight excluding hydrogens is 296 g/mol. The molecule has 0 saturated heterocycles. The zero-order valence-electron chi connectivity index (χ0n) is 13.5. The molecule has 0 heterocycles. The molecule has 122 valence electrons. The number of benzene rings is 2. The van der Waals surface area contributed by atoms with Crippen LogP contribution in [0.5, 0.6) is 11.5 Å². The van der Waals surface area contributed by atoms with Crippen molar-refractivity contribution in [3.63, 3.8) is 0 Å². The Balaban J connectivity index is 2.71. The SMILES string of the molecule is CCc1ccc2c(/C=C\C(=O)O)cc(OC)c(OCOC)c2c1. The van der Waals surface area contributed by atoms with Crippen molar-refractivity contribution in [2.75, 3.05) is 21.0 Å². The lowest BCUT2D eigenvalue weighted by molar-refractivity contribution is -0.131. The van der Waals surface area contributed by atoms with Crippen molar-refractivity contribution in [1.29, 1.82) is 0 Å². The zero-order valence-corrected chi connectivity index (χ0v) is 13.5. The molecule has 0 saturated carbocycles. The summed E-state index contributed by atoms with van der Waals surface area (Å²) in [5.74, 6) is 0.127. The van der Waals surface area contributed by atoms with Gasteiger partial charge < -0.3 is 19.3 Å². The molecule has 0 aliphatic heterocycles. The Labute approximate surface area is 135 Å². The summed E-state index contributed by atoms with van der Waals surface area (Å²) in [4.78, 5) is 10.8. The van der Waals surface area contributed by atoms with E-state index in [4.69, 9.17) is 19.3 Å². The van der Waals surface area contributed by atoms with Gasteiger partial charge in [0.2, 0.25) is 0 Å². The Bertz CT molecular complexity index is 734. The van der Waals surface area contributed by atoms with Gasteiger partial charge in [0, 0.05) is 18.6 Å². The van der Waals surface area contributed by atoms with E-state index in [0.29, 0.717) is 11.5 Å². The summed E-state index contributed by atoms with van der Waals surface area (Å²) in [6.07, 6.45) is 3.55. The average Bonchev–Trinajstić information content (AvgIpc) is 2.57. The number of rotatable bonds is 7. The summed E-state index contributed by atoms with van der Waals surface area (Å²) in [5.41, 5.74) is 1.91. The molecule has 2 rings (SSSR count). The number of hydrogen-bond acceptors (Lipinski definition) is 4. The number of fused-ring (bicyclic) bond motifs is 1. The molecule has 2 aromatic rings. The molecule has 0 aliphatic carbocycles. The van der Waals surface area contributed by atoms with E-state index in [1.54, 1.807) is 26.4 Å². The van der Waals surface area contributed by atoms with E-state index in [9.17, 15) is 4.79 Å². The second-order valence-electron chi connectivity index (χ2n) is 4.95. The molecule has 0 aromatic heterocycles. The highest BCUT2D eigenvalue weighted by atomic mass is 16.7. The van der Waals surface area contributed by atoms with Gasteiger partial charge in [-0.05, 0) is 41.1 Å². The predicted octanol–water partition coefficient (Wildman–Crippen LogP) is 3.49. The minimum absolute atomic E-state index is 0.103. The van der Waals surface area contributed by atoms with Crippen LogP contribution in [-0.2, 0) is 16.0 Å². The van der Waals surface area contributed by atoms with Gasteiger partial charge in [-0.15, -0.1) is 0 Å². The number of aryl methyl sites for hydroxylation is 1. The van der Waals surface area contributed by atoms with Crippen molar-refractivity contribution >= 4 is 22.8 Å². The van der Waals surface area contributed by atoms with Crippen LogP contribution in [0.15, 0.2) is 30.3 Å². The van der Waals surface area contributed by atoms with Crippen LogP contribution in [0.2, 0.25) is 0 Å². The van der Waals surface area contributed by atoms with Gasteiger partial charge in [-0.25, -0.2) is 4.79 Å². The van der Waals surface area contributed by atoms with Crippen molar-refractivity contribution in [1.82, 2.24) is 0 Å². The summed E-state index contributed by atoms with van der Waals surface area (Å²) in [7, 11) is 3.10. The van der Waals surface area contributed by atoms with Crippen LogP contribution in [0.1, 0.15) is 18.1 Å². The monoisotopic (exact) mass is 316 g/mol. The number of carboxylic acid groups (broad SMARTS) is 1. The molecule has 0 amide bonds. The van der Waals surface area contributed by atoms with Crippen molar-refractivity contribution in [2.45, 2.75) is 13.3 Å². The third-order valence-corrected chi connectivity index (χ3v) is 3.50. The lowest BCUT2D eigenvalue weighted by atomic mass is 9.99. The topological polar surface area (TPSA) is 65.0 Å². The highest BCUT2D eigenvalue weighted by Crippen LogP contribution is 2.39. The second kappa shape index (κ2) is 7.65. The minimum atomic E-state index is -0.998. The van der Waals surface area contributed by atoms with Gasteiger partial charge >= 0.3 is 5.97 Å². The first-order valence-electron chi connectivity index (χ1n) is 7.27. The Morgan fingerprint density at radius 3 is 2.61 bits per heavy atom. The van der Waals surface area contributed by atoms with Crippen LogP contribution in [0, 0.1) is 0 Å².